The molecule has 4 rings (SSSR count). The van der Waals surface area contributed by atoms with Crippen molar-refractivity contribution >= 4 is 5.78 Å². The van der Waals surface area contributed by atoms with Gasteiger partial charge in [0.25, 0.3) is 0 Å². The predicted molar refractivity (Wildman–Crippen MR) is 76.3 cm³/mol. The van der Waals surface area contributed by atoms with Crippen LogP contribution in [0.2, 0.25) is 0 Å². The van der Waals surface area contributed by atoms with Crippen LogP contribution < -0.4 is 0 Å². The maximum atomic E-state index is 12.4. The Morgan fingerprint density at radius 3 is 2.15 bits per heavy atom. The molecule has 0 N–H and O–H groups in total. The van der Waals surface area contributed by atoms with E-state index in [0.717, 1.165) is 33.4 Å². The Morgan fingerprint density at radius 2 is 1.35 bits per heavy atom. The highest BCUT2D eigenvalue weighted by Gasteiger charge is 2.28. The zero-order valence-electron chi connectivity index (χ0n) is 10.6. The molecular weight excluding hydrogens is 248 g/mol. The standard InChI is InChI=1S/C17H10N2O/c20-17-14-5-2-1-4-13(14)16-12(6-3-7-15(16)17)11-8-18-10-19-9-11/h1-10H. The first-order chi connectivity index (χ1) is 9.86. The fourth-order valence-electron chi connectivity index (χ4n) is 2.75. The highest BCUT2D eigenvalue weighted by molar-refractivity contribution is 6.23. The van der Waals surface area contributed by atoms with Crippen LogP contribution in [0.3, 0.4) is 0 Å². The Balaban J connectivity index is 2.07. The second-order valence-electron chi connectivity index (χ2n) is 4.73. The SMILES string of the molecule is O=C1c2ccccc2-c2c1cccc2-c1cncnc1. The zero-order chi connectivity index (χ0) is 13.5. The molecule has 1 aliphatic carbocycles. The fraction of sp³-hybridized carbons (Fsp3) is 0. The fourth-order valence-corrected chi connectivity index (χ4v) is 2.75. The van der Waals surface area contributed by atoms with E-state index >= 15 is 0 Å². The molecule has 0 amide bonds. The number of hydrogen-bond acceptors (Lipinski definition) is 3. The van der Waals surface area contributed by atoms with Gasteiger partial charge in [0.05, 0.1) is 0 Å². The topological polar surface area (TPSA) is 42.9 Å². The van der Waals surface area contributed by atoms with Crippen molar-refractivity contribution in [2.45, 2.75) is 0 Å². The van der Waals surface area contributed by atoms with E-state index in [2.05, 4.69) is 9.97 Å². The molecular formula is C17H10N2O. The summed E-state index contributed by atoms with van der Waals surface area (Å²) in [5.74, 6) is 0.0919. The van der Waals surface area contributed by atoms with Crippen LogP contribution in [0.1, 0.15) is 15.9 Å². The Morgan fingerprint density at radius 1 is 0.700 bits per heavy atom. The summed E-state index contributed by atoms with van der Waals surface area (Å²) in [6, 6.07) is 13.5. The van der Waals surface area contributed by atoms with Gasteiger partial charge in [-0.3, -0.25) is 4.79 Å². The van der Waals surface area contributed by atoms with E-state index in [4.69, 9.17) is 0 Å². The van der Waals surface area contributed by atoms with Gasteiger partial charge in [-0.2, -0.15) is 0 Å². The van der Waals surface area contributed by atoms with Crippen LogP contribution in [-0.4, -0.2) is 15.8 Å². The highest BCUT2D eigenvalue weighted by Crippen LogP contribution is 2.42. The minimum Gasteiger partial charge on any atom is -0.289 e. The van der Waals surface area contributed by atoms with Crippen molar-refractivity contribution in [3.8, 4) is 22.3 Å². The Kier molecular flexibility index (Phi) is 2.27. The lowest BCUT2D eigenvalue weighted by molar-refractivity contribution is 0.104. The lowest BCUT2D eigenvalue weighted by Gasteiger charge is -2.08. The molecule has 1 aliphatic rings. The van der Waals surface area contributed by atoms with Crippen molar-refractivity contribution in [2.24, 2.45) is 0 Å². The van der Waals surface area contributed by atoms with Crippen molar-refractivity contribution in [3.63, 3.8) is 0 Å². The van der Waals surface area contributed by atoms with Gasteiger partial charge in [0.1, 0.15) is 6.33 Å². The third kappa shape index (κ3) is 1.43. The number of ketones is 1. The van der Waals surface area contributed by atoms with Gasteiger partial charge in [0.2, 0.25) is 0 Å². The van der Waals surface area contributed by atoms with Crippen molar-refractivity contribution in [3.05, 3.63) is 72.3 Å². The van der Waals surface area contributed by atoms with E-state index in [-0.39, 0.29) is 5.78 Å². The Bertz CT molecular complexity index is 825. The number of benzene rings is 2. The lowest BCUT2D eigenvalue weighted by Crippen LogP contribution is -1.94. The van der Waals surface area contributed by atoms with Crippen molar-refractivity contribution < 1.29 is 4.79 Å². The Labute approximate surface area is 116 Å². The minimum absolute atomic E-state index is 0.0919. The quantitative estimate of drug-likeness (QED) is 0.526. The van der Waals surface area contributed by atoms with E-state index in [1.807, 2.05) is 42.5 Å². The number of carbonyl (C=O) groups is 1. The van der Waals surface area contributed by atoms with Crippen LogP contribution in [0.25, 0.3) is 22.3 Å². The molecule has 0 saturated heterocycles. The summed E-state index contributed by atoms with van der Waals surface area (Å²) in [4.78, 5) is 20.6. The molecule has 0 spiro atoms. The van der Waals surface area contributed by atoms with E-state index in [1.54, 1.807) is 12.4 Å². The molecule has 0 fully saturated rings. The molecule has 94 valence electrons. The maximum absolute atomic E-state index is 12.4. The molecule has 0 radical (unpaired) electrons. The summed E-state index contributed by atoms with van der Waals surface area (Å²) in [6.07, 6.45) is 5.05. The third-order valence-electron chi connectivity index (χ3n) is 3.62. The summed E-state index contributed by atoms with van der Waals surface area (Å²) in [5.41, 5.74) is 5.43. The van der Waals surface area contributed by atoms with E-state index in [1.165, 1.54) is 6.33 Å². The zero-order valence-corrected chi connectivity index (χ0v) is 10.6. The minimum atomic E-state index is 0.0919. The number of carbonyl (C=O) groups excluding carboxylic acids is 1. The van der Waals surface area contributed by atoms with E-state index in [9.17, 15) is 4.79 Å². The van der Waals surface area contributed by atoms with Crippen molar-refractivity contribution in [1.82, 2.24) is 9.97 Å². The van der Waals surface area contributed by atoms with Gasteiger partial charge in [-0.25, -0.2) is 9.97 Å². The molecule has 2 aromatic carbocycles. The second-order valence-corrected chi connectivity index (χ2v) is 4.73. The van der Waals surface area contributed by atoms with Crippen LogP contribution >= 0.6 is 0 Å². The highest BCUT2D eigenvalue weighted by atomic mass is 16.1. The third-order valence-corrected chi connectivity index (χ3v) is 3.62. The largest absolute Gasteiger partial charge is 0.289 e. The molecule has 3 aromatic rings. The van der Waals surface area contributed by atoms with E-state index < -0.39 is 0 Å². The molecule has 1 heterocycles. The number of fused-ring (bicyclic) bond motifs is 3. The van der Waals surface area contributed by atoms with Crippen LogP contribution in [-0.2, 0) is 0 Å². The molecule has 0 unspecified atom stereocenters. The monoisotopic (exact) mass is 258 g/mol. The molecule has 0 aliphatic heterocycles. The van der Waals surface area contributed by atoms with Crippen LogP contribution in [0, 0.1) is 0 Å². The van der Waals surface area contributed by atoms with Gasteiger partial charge in [-0.05, 0) is 11.1 Å². The molecule has 1 aromatic heterocycles. The van der Waals surface area contributed by atoms with Crippen LogP contribution in [0.15, 0.2) is 61.2 Å². The normalized spacial score (nSPS) is 12.1. The molecule has 3 heteroatoms. The first kappa shape index (κ1) is 11.1. The maximum Gasteiger partial charge on any atom is 0.194 e. The van der Waals surface area contributed by atoms with Crippen molar-refractivity contribution in [2.75, 3.05) is 0 Å². The summed E-state index contributed by atoms with van der Waals surface area (Å²) in [5, 5.41) is 0. The number of rotatable bonds is 1. The molecule has 0 atom stereocenters. The van der Waals surface area contributed by atoms with E-state index in [0.29, 0.717) is 0 Å². The van der Waals surface area contributed by atoms with Crippen molar-refractivity contribution in [1.29, 1.82) is 0 Å². The number of nitrogens with zero attached hydrogens (tertiary/aromatic N) is 2. The van der Waals surface area contributed by atoms with Gasteiger partial charge in [-0.15, -0.1) is 0 Å². The second kappa shape index (κ2) is 4.10. The van der Waals surface area contributed by atoms with Crippen LogP contribution in [0.4, 0.5) is 0 Å². The summed E-state index contributed by atoms with van der Waals surface area (Å²) in [6.45, 7) is 0. The molecule has 3 nitrogen and oxygen atoms in total. The first-order valence-electron chi connectivity index (χ1n) is 6.39. The van der Waals surface area contributed by atoms with Gasteiger partial charge in [0, 0.05) is 34.6 Å². The number of hydrogen-bond donors (Lipinski definition) is 0. The van der Waals surface area contributed by atoms with Gasteiger partial charge < -0.3 is 0 Å². The molecule has 20 heavy (non-hydrogen) atoms. The van der Waals surface area contributed by atoms with Crippen LogP contribution in [0.5, 0.6) is 0 Å². The Hall–Kier alpha value is -2.81. The summed E-state index contributed by atoms with van der Waals surface area (Å²) in [7, 11) is 0. The van der Waals surface area contributed by atoms with Gasteiger partial charge in [0.15, 0.2) is 5.78 Å². The van der Waals surface area contributed by atoms with Gasteiger partial charge >= 0.3 is 0 Å². The average molecular weight is 258 g/mol. The molecule has 0 saturated carbocycles. The number of aromatic nitrogens is 2. The smallest absolute Gasteiger partial charge is 0.194 e. The van der Waals surface area contributed by atoms with Gasteiger partial charge in [-0.1, -0.05) is 42.5 Å². The summed E-state index contributed by atoms with van der Waals surface area (Å²) >= 11 is 0. The average Bonchev–Trinajstić information content (AvgIpc) is 2.82. The predicted octanol–water partition coefficient (Wildman–Crippen LogP) is 3.36. The first-order valence-corrected chi connectivity index (χ1v) is 6.39. The lowest BCUT2D eigenvalue weighted by atomic mass is 9.96. The summed E-state index contributed by atoms with van der Waals surface area (Å²) < 4.78 is 0. The molecule has 0 bridgehead atoms.